The molecule has 156 valence electrons. The molecule has 8 nitrogen and oxygen atoms in total. The van der Waals surface area contributed by atoms with E-state index in [4.69, 9.17) is 11.6 Å². The van der Waals surface area contributed by atoms with Crippen LogP contribution in [-0.4, -0.2) is 25.6 Å². The highest BCUT2D eigenvalue weighted by atomic mass is 35.5. The number of rotatable bonds is 5. The van der Waals surface area contributed by atoms with Crippen molar-refractivity contribution in [2.45, 2.75) is 6.92 Å². The average molecular weight is 438 g/mol. The maximum Gasteiger partial charge on any atom is 0.323 e. The maximum atomic E-state index is 13.2. The van der Waals surface area contributed by atoms with Crippen LogP contribution in [0.4, 0.5) is 32.1 Å². The maximum absolute atomic E-state index is 13.2. The molecule has 31 heavy (non-hydrogen) atoms. The number of hydrogen-bond acceptors (Lipinski definition) is 5. The second kappa shape index (κ2) is 8.80. The third kappa shape index (κ3) is 4.96. The van der Waals surface area contributed by atoms with Gasteiger partial charge in [-0.3, -0.25) is 4.57 Å². The lowest BCUT2D eigenvalue weighted by Crippen LogP contribution is -2.19. The molecule has 2 heterocycles. The van der Waals surface area contributed by atoms with Gasteiger partial charge in [-0.1, -0.05) is 11.6 Å². The fourth-order valence-corrected chi connectivity index (χ4v) is 3.00. The molecule has 0 aliphatic rings. The van der Waals surface area contributed by atoms with Crippen LogP contribution in [0.2, 0.25) is 5.02 Å². The summed E-state index contributed by atoms with van der Waals surface area (Å²) < 4.78 is 15.1. The number of imidazole rings is 1. The topological polar surface area (TPSA) is 96.8 Å². The fourth-order valence-electron chi connectivity index (χ4n) is 2.82. The number of carbonyl (C=O) groups excluding carboxylic acids is 1. The molecule has 0 radical (unpaired) electrons. The molecule has 2 aromatic carbocycles. The number of aromatic nitrogens is 4. The van der Waals surface area contributed by atoms with Crippen molar-refractivity contribution in [2.75, 3.05) is 16.0 Å². The summed E-state index contributed by atoms with van der Waals surface area (Å²) in [6.45, 7) is 1.89. The molecule has 0 atom stereocenters. The Morgan fingerprint density at radius 3 is 2.39 bits per heavy atom. The molecule has 0 aliphatic heterocycles. The second-order valence-corrected chi connectivity index (χ2v) is 6.92. The van der Waals surface area contributed by atoms with E-state index < -0.39 is 11.8 Å². The monoisotopic (exact) mass is 437 g/mol. The first-order valence-electron chi connectivity index (χ1n) is 9.20. The van der Waals surface area contributed by atoms with E-state index in [-0.39, 0.29) is 5.02 Å². The van der Waals surface area contributed by atoms with Crippen LogP contribution in [0.15, 0.2) is 67.3 Å². The Labute approximate surface area is 182 Å². The minimum atomic E-state index is -0.549. The van der Waals surface area contributed by atoms with Crippen LogP contribution >= 0.6 is 11.6 Å². The molecule has 4 aromatic rings. The predicted octanol–water partition coefficient (Wildman–Crippen LogP) is 5.15. The molecule has 4 rings (SSSR count). The van der Waals surface area contributed by atoms with Crippen LogP contribution in [0.5, 0.6) is 0 Å². The van der Waals surface area contributed by atoms with Crippen molar-refractivity contribution in [3.63, 3.8) is 0 Å². The predicted molar refractivity (Wildman–Crippen MR) is 118 cm³/mol. The molecule has 0 saturated carbocycles. The molecule has 0 unspecified atom stereocenters. The smallest absolute Gasteiger partial charge is 0.323 e. The normalized spacial score (nSPS) is 10.5. The molecule has 0 saturated heterocycles. The van der Waals surface area contributed by atoms with Gasteiger partial charge in [0.15, 0.2) is 0 Å². The van der Waals surface area contributed by atoms with Gasteiger partial charge in [0.25, 0.3) is 0 Å². The number of halogens is 2. The van der Waals surface area contributed by atoms with Gasteiger partial charge in [0.05, 0.1) is 5.02 Å². The average Bonchev–Trinajstić information content (AvgIpc) is 3.18. The molecular weight excluding hydrogens is 421 g/mol. The van der Waals surface area contributed by atoms with E-state index in [0.29, 0.717) is 23.0 Å². The lowest BCUT2D eigenvalue weighted by Gasteiger charge is -2.10. The number of benzene rings is 2. The van der Waals surface area contributed by atoms with Gasteiger partial charge in [0.1, 0.15) is 29.6 Å². The summed E-state index contributed by atoms with van der Waals surface area (Å²) in [5.74, 6) is 1.58. The largest absolute Gasteiger partial charge is 0.340 e. The van der Waals surface area contributed by atoms with Gasteiger partial charge in [0.2, 0.25) is 0 Å². The van der Waals surface area contributed by atoms with Crippen molar-refractivity contribution < 1.29 is 9.18 Å². The van der Waals surface area contributed by atoms with Gasteiger partial charge < -0.3 is 16.0 Å². The zero-order chi connectivity index (χ0) is 21.8. The van der Waals surface area contributed by atoms with E-state index in [1.807, 2.05) is 23.8 Å². The molecule has 0 bridgehead atoms. The highest BCUT2D eigenvalue weighted by Crippen LogP contribution is 2.21. The Bertz CT molecular complexity index is 1230. The Kier molecular flexibility index (Phi) is 5.76. The molecule has 3 N–H and O–H groups in total. The fraction of sp³-hybridized carbons (Fsp3) is 0.0476. The van der Waals surface area contributed by atoms with Crippen LogP contribution in [-0.2, 0) is 0 Å². The third-order valence-corrected chi connectivity index (χ3v) is 4.61. The summed E-state index contributed by atoms with van der Waals surface area (Å²) in [5, 5.41) is 8.42. The highest BCUT2D eigenvalue weighted by molar-refractivity contribution is 6.31. The Balaban J connectivity index is 1.39. The first-order valence-corrected chi connectivity index (χ1v) is 9.58. The van der Waals surface area contributed by atoms with Crippen LogP contribution in [0.3, 0.4) is 0 Å². The lowest BCUT2D eigenvalue weighted by atomic mass is 10.2. The van der Waals surface area contributed by atoms with Crippen LogP contribution in [0, 0.1) is 12.7 Å². The standard InChI is InChI=1S/C21H17ClFN7O/c1-13-24-8-9-30(13)20-11-19(25-12-26-20)27-14-2-4-15(5-3-14)28-21(31)29-16-6-7-18(23)17(22)10-16/h2-12H,1H3,(H,25,26,27)(H2,28,29,31). The SMILES string of the molecule is Cc1nccn1-c1cc(Nc2ccc(NC(=O)Nc3ccc(F)c(Cl)c3)cc2)ncn1. The molecular formula is C21H17ClFN7O. The highest BCUT2D eigenvalue weighted by Gasteiger charge is 2.07. The third-order valence-electron chi connectivity index (χ3n) is 4.32. The summed E-state index contributed by atoms with van der Waals surface area (Å²) in [6, 6.07) is 12.4. The molecule has 2 amide bonds. The van der Waals surface area contributed by atoms with Gasteiger partial charge in [-0.05, 0) is 49.4 Å². The summed E-state index contributed by atoms with van der Waals surface area (Å²) in [5.41, 5.74) is 1.74. The number of hydrogen-bond donors (Lipinski definition) is 3. The number of nitrogens with zero attached hydrogens (tertiary/aromatic N) is 4. The number of carbonyl (C=O) groups is 1. The molecule has 0 spiro atoms. The first-order chi connectivity index (χ1) is 15.0. The number of urea groups is 1. The van der Waals surface area contributed by atoms with Gasteiger partial charge in [-0.15, -0.1) is 0 Å². The van der Waals surface area contributed by atoms with Crippen molar-refractivity contribution in [3.05, 3.63) is 83.9 Å². The van der Waals surface area contributed by atoms with Gasteiger partial charge in [0, 0.05) is 35.5 Å². The van der Waals surface area contributed by atoms with E-state index in [1.54, 1.807) is 30.5 Å². The second-order valence-electron chi connectivity index (χ2n) is 6.52. The minimum absolute atomic E-state index is 0.0655. The van der Waals surface area contributed by atoms with E-state index in [9.17, 15) is 9.18 Å². The molecule has 0 fully saturated rings. The molecule has 10 heteroatoms. The molecule has 2 aromatic heterocycles. The molecule has 0 aliphatic carbocycles. The van der Waals surface area contributed by atoms with E-state index in [0.717, 1.165) is 11.5 Å². The van der Waals surface area contributed by atoms with Crippen molar-refractivity contribution in [1.29, 1.82) is 0 Å². The lowest BCUT2D eigenvalue weighted by molar-refractivity contribution is 0.262. The van der Waals surface area contributed by atoms with Crippen molar-refractivity contribution >= 4 is 40.5 Å². The summed E-state index contributed by atoms with van der Waals surface area (Å²) in [7, 11) is 0. The Morgan fingerprint density at radius 1 is 0.968 bits per heavy atom. The quantitative estimate of drug-likeness (QED) is 0.401. The van der Waals surface area contributed by atoms with Crippen LogP contribution in [0.1, 0.15) is 5.82 Å². The van der Waals surface area contributed by atoms with Gasteiger partial charge in [-0.2, -0.15) is 0 Å². The van der Waals surface area contributed by atoms with E-state index in [1.165, 1.54) is 24.5 Å². The zero-order valence-electron chi connectivity index (χ0n) is 16.3. The first kappa shape index (κ1) is 20.3. The summed E-state index contributed by atoms with van der Waals surface area (Å²) in [6.07, 6.45) is 5.00. The Hall–Kier alpha value is -3.98. The van der Waals surface area contributed by atoms with Gasteiger partial charge in [-0.25, -0.2) is 24.1 Å². The van der Waals surface area contributed by atoms with Crippen LogP contribution < -0.4 is 16.0 Å². The summed E-state index contributed by atoms with van der Waals surface area (Å²) >= 11 is 5.72. The van der Waals surface area contributed by atoms with Crippen LogP contribution in [0.25, 0.3) is 5.82 Å². The van der Waals surface area contributed by atoms with Crippen molar-refractivity contribution in [1.82, 2.24) is 19.5 Å². The zero-order valence-corrected chi connectivity index (χ0v) is 17.1. The number of amides is 2. The van der Waals surface area contributed by atoms with Crippen molar-refractivity contribution in [3.8, 4) is 5.82 Å². The Morgan fingerprint density at radius 2 is 1.68 bits per heavy atom. The van der Waals surface area contributed by atoms with Crippen molar-refractivity contribution in [2.24, 2.45) is 0 Å². The number of anilines is 4. The van der Waals surface area contributed by atoms with E-state index >= 15 is 0 Å². The number of aryl methyl sites for hydroxylation is 1. The minimum Gasteiger partial charge on any atom is -0.340 e. The van der Waals surface area contributed by atoms with E-state index in [2.05, 4.69) is 30.9 Å². The summed E-state index contributed by atoms with van der Waals surface area (Å²) in [4.78, 5) is 24.8. The number of nitrogens with one attached hydrogen (secondary N) is 3. The van der Waals surface area contributed by atoms with Gasteiger partial charge >= 0.3 is 6.03 Å².